The molecule has 2 aromatic carbocycles. The molecule has 0 radical (unpaired) electrons. The van der Waals surface area contributed by atoms with Crippen LogP contribution in [-0.4, -0.2) is 79.5 Å². The largest absolute Gasteiger partial charge is 0.368 e. The molecule has 0 unspecified atom stereocenters. The van der Waals surface area contributed by atoms with Crippen LogP contribution in [0, 0.1) is 5.82 Å². The normalized spacial score (nSPS) is 18.4. The van der Waals surface area contributed by atoms with Gasteiger partial charge in [0.25, 0.3) is 0 Å². The molecule has 0 spiro atoms. The monoisotopic (exact) mass is 438 g/mol. The van der Waals surface area contributed by atoms with E-state index in [9.17, 15) is 9.18 Å². The van der Waals surface area contributed by atoms with Gasteiger partial charge in [-0.15, -0.1) is 0 Å². The summed E-state index contributed by atoms with van der Waals surface area (Å²) in [7, 11) is 0. The Morgan fingerprint density at radius 1 is 0.812 bits per heavy atom. The molecule has 2 fully saturated rings. The van der Waals surface area contributed by atoms with E-state index in [1.54, 1.807) is 0 Å². The number of halogens is 1. The first-order valence-electron chi connectivity index (χ1n) is 11.8. The fourth-order valence-electron chi connectivity index (χ4n) is 4.53. The van der Waals surface area contributed by atoms with Crippen molar-refractivity contribution in [2.75, 3.05) is 63.8 Å². The van der Waals surface area contributed by atoms with Crippen LogP contribution in [0.4, 0.5) is 10.1 Å². The maximum absolute atomic E-state index is 13.1. The summed E-state index contributed by atoms with van der Waals surface area (Å²) in [6.45, 7) is 12.8. The fraction of sp³-hybridized carbons (Fsp3) is 0.500. The second kappa shape index (κ2) is 10.5. The Morgan fingerprint density at radius 2 is 1.41 bits per heavy atom. The Morgan fingerprint density at radius 3 is 2.00 bits per heavy atom. The van der Waals surface area contributed by atoms with E-state index in [1.807, 2.05) is 17.0 Å². The van der Waals surface area contributed by atoms with Crippen molar-refractivity contribution in [1.29, 1.82) is 0 Å². The van der Waals surface area contributed by atoms with Crippen molar-refractivity contribution in [3.8, 4) is 0 Å². The van der Waals surface area contributed by atoms with Crippen molar-refractivity contribution in [1.82, 2.24) is 14.7 Å². The third-order valence-electron chi connectivity index (χ3n) is 6.70. The van der Waals surface area contributed by atoms with Crippen molar-refractivity contribution in [3.63, 3.8) is 0 Å². The zero-order chi connectivity index (χ0) is 22.5. The molecule has 0 saturated carbocycles. The van der Waals surface area contributed by atoms with E-state index in [0.717, 1.165) is 64.6 Å². The second-order valence-electron chi connectivity index (χ2n) is 9.29. The number of carbonyl (C=O) groups excluding carboxylic acids is 1. The van der Waals surface area contributed by atoms with E-state index in [4.69, 9.17) is 0 Å². The van der Waals surface area contributed by atoms with E-state index < -0.39 is 0 Å². The van der Waals surface area contributed by atoms with Crippen LogP contribution in [-0.2, 0) is 11.3 Å². The minimum atomic E-state index is -0.216. The highest BCUT2D eigenvalue weighted by atomic mass is 19.1. The van der Waals surface area contributed by atoms with E-state index in [-0.39, 0.29) is 11.7 Å². The third-order valence-corrected chi connectivity index (χ3v) is 6.70. The predicted octanol–water partition coefficient (Wildman–Crippen LogP) is 3.42. The predicted molar refractivity (Wildman–Crippen MR) is 127 cm³/mol. The third kappa shape index (κ3) is 5.87. The molecule has 1 amide bonds. The van der Waals surface area contributed by atoms with Crippen LogP contribution in [0.2, 0.25) is 0 Å². The molecule has 0 aliphatic carbocycles. The molecule has 5 nitrogen and oxygen atoms in total. The van der Waals surface area contributed by atoms with Gasteiger partial charge in [-0.05, 0) is 41.3 Å². The van der Waals surface area contributed by atoms with E-state index >= 15 is 0 Å². The maximum Gasteiger partial charge on any atom is 0.236 e. The molecule has 4 rings (SSSR count). The van der Waals surface area contributed by atoms with Crippen LogP contribution in [0.25, 0.3) is 0 Å². The van der Waals surface area contributed by atoms with Gasteiger partial charge >= 0.3 is 0 Å². The lowest BCUT2D eigenvalue weighted by Crippen LogP contribution is -2.53. The van der Waals surface area contributed by atoms with E-state index in [2.05, 4.69) is 52.8 Å². The van der Waals surface area contributed by atoms with Gasteiger partial charge in [-0.3, -0.25) is 14.6 Å². The number of anilines is 1. The van der Waals surface area contributed by atoms with Crippen molar-refractivity contribution in [2.45, 2.75) is 26.3 Å². The molecular formula is C26H35FN4O. The summed E-state index contributed by atoms with van der Waals surface area (Å²) in [5.41, 5.74) is 3.77. The highest BCUT2D eigenvalue weighted by Crippen LogP contribution is 2.18. The Labute approximate surface area is 191 Å². The topological polar surface area (TPSA) is 30.0 Å². The number of hydrogen-bond acceptors (Lipinski definition) is 4. The zero-order valence-electron chi connectivity index (χ0n) is 19.3. The van der Waals surface area contributed by atoms with Crippen molar-refractivity contribution < 1.29 is 9.18 Å². The van der Waals surface area contributed by atoms with E-state index in [0.29, 0.717) is 12.5 Å². The van der Waals surface area contributed by atoms with Crippen LogP contribution < -0.4 is 4.90 Å². The number of carbonyl (C=O) groups is 1. The lowest BCUT2D eigenvalue weighted by atomic mass is 10.0. The quantitative estimate of drug-likeness (QED) is 0.692. The van der Waals surface area contributed by atoms with Gasteiger partial charge in [-0.1, -0.05) is 38.1 Å². The summed E-state index contributed by atoms with van der Waals surface area (Å²) >= 11 is 0. The SMILES string of the molecule is CC(C)c1ccc(CN2CCN(CC(=O)N3CCN(c4ccc(F)cc4)CC3)CC2)cc1. The average molecular weight is 439 g/mol. The molecule has 2 aliphatic rings. The highest BCUT2D eigenvalue weighted by molar-refractivity contribution is 5.78. The Hall–Kier alpha value is -2.44. The van der Waals surface area contributed by atoms with Crippen LogP contribution >= 0.6 is 0 Å². The van der Waals surface area contributed by atoms with Crippen molar-refractivity contribution >= 4 is 11.6 Å². The summed E-state index contributed by atoms with van der Waals surface area (Å²) in [6.07, 6.45) is 0. The molecule has 2 aromatic rings. The molecule has 2 heterocycles. The first-order chi connectivity index (χ1) is 15.5. The van der Waals surface area contributed by atoms with Gasteiger partial charge in [0.15, 0.2) is 0 Å². The molecule has 2 saturated heterocycles. The zero-order valence-corrected chi connectivity index (χ0v) is 19.3. The standard InChI is InChI=1S/C26H35FN4O/c1-21(2)23-5-3-22(4-6-23)19-28-11-13-29(14-12-28)20-26(32)31-17-15-30(16-18-31)25-9-7-24(27)8-10-25/h3-10,21H,11-20H2,1-2H3. The first kappa shape index (κ1) is 22.7. The van der Waals surface area contributed by atoms with Gasteiger partial charge in [-0.25, -0.2) is 4.39 Å². The number of piperazine rings is 2. The number of nitrogens with zero attached hydrogens (tertiary/aromatic N) is 4. The molecule has 0 atom stereocenters. The molecule has 172 valence electrons. The summed E-state index contributed by atoms with van der Waals surface area (Å²) in [6, 6.07) is 15.6. The van der Waals surface area contributed by atoms with Crippen LogP contribution in [0.1, 0.15) is 30.9 Å². The Kier molecular flexibility index (Phi) is 7.43. The number of rotatable bonds is 6. The fourth-order valence-corrected chi connectivity index (χ4v) is 4.53. The molecule has 32 heavy (non-hydrogen) atoms. The maximum atomic E-state index is 13.1. The molecule has 6 heteroatoms. The number of amides is 1. The van der Waals surface area contributed by atoms with Crippen LogP contribution in [0.5, 0.6) is 0 Å². The summed E-state index contributed by atoms with van der Waals surface area (Å²) in [5, 5.41) is 0. The molecule has 0 N–H and O–H groups in total. The Balaban J connectivity index is 1.18. The van der Waals surface area contributed by atoms with Crippen molar-refractivity contribution in [3.05, 3.63) is 65.5 Å². The van der Waals surface area contributed by atoms with Gasteiger partial charge in [0.2, 0.25) is 5.91 Å². The van der Waals surface area contributed by atoms with Gasteiger partial charge < -0.3 is 9.80 Å². The first-order valence-corrected chi connectivity index (χ1v) is 11.8. The lowest BCUT2D eigenvalue weighted by Gasteiger charge is -2.38. The van der Waals surface area contributed by atoms with Gasteiger partial charge in [-0.2, -0.15) is 0 Å². The minimum absolute atomic E-state index is 0.216. The second-order valence-corrected chi connectivity index (χ2v) is 9.29. The highest BCUT2D eigenvalue weighted by Gasteiger charge is 2.25. The Bertz CT molecular complexity index is 868. The van der Waals surface area contributed by atoms with Gasteiger partial charge in [0.05, 0.1) is 6.54 Å². The molecule has 0 bridgehead atoms. The van der Waals surface area contributed by atoms with E-state index in [1.165, 1.54) is 23.3 Å². The van der Waals surface area contributed by atoms with Crippen LogP contribution in [0.3, 0.4) is 0 Å². The van der Waals surface area contributed by atoms with Gasteiger partial charge in [0, 0.05) is 64.6 Å². The van der Waals surface area contributed by atoms with Crippen LogP contribution in [0.15, 0.2) is 48.5 Å². The molecule has 2 aliphatic heterocycles. The average Bonchev–Trinajstić information content (AvgIpc) is 2.81. The molecular weight excluding hydrogens is 403 g/mol. The number of hydrogen-bond donors (Lipinski definition) is 0. The summed E-state index contributed by atoms with van der Waals surface area (Å²) in [4.78, 5) is 21.8. The van der Waals surface area contributed by atoms with Crippen molar-refractivity contribution in [2.24, 2.45) is 0 Å². The summed E-state index contributed by atoms with van der Waals surface area (Å²) in [5.74, 6) is 0.573. The lowest BCUT2D eigenvalue weighted by molar-refractivity contribution is -0.133. The molecule has 0 aromatic heterocycles. The number of benzene rings is 2. The summed E-state index contributed by atoms with van der Waals surface area (Å²) < 4.78 is 13.1. The minimum Gasteiger partial charge on any atom is -0.368 e. The smallest absolute Gasteiger partial charge is 0.236 e. The van der Waals surface area contributed by atoms with Gasteiger partial charge in [0.1, 0.15) is 5.82 Å².